The minimum absolute atomic E-state index is 0.0188. The fourth-order valence-corrected chi connectivity index (χ4v) is 3.50. The number of benzene rings is 2. The van der Waals surface area contributed by atoms with Crippen molar-refractivity contribution in [3.05, 3.63) is 50.4 Å². The van der Waals surface area contributed by atoms with Crippen LogP contribution < -0.4 is 20.2 Å². The van der Waals surface area contributed by atoms with Crippen LogP contribution in [0.4, 0.5) is 5.69 Å². The molecule has 10 heteroatoms. The van der Waals surface area contributed by atoms with Crippen molar-refractivity contribution in [2.75, 3.05) is 19.0 Å². The molecule has 0 fully saturated rings. The van der Waals surface area contributed by atoms with Crippen molar-refractivity contribution in [2.24, 2.45) is 5.10 Å². The van der Waals surface area contributed by atoms with Crippen LogP contribution in [0.5, 0.6) is 11.5 Å². The Labute approximate surface area is 190 Å². The highest BCUT2D eigenvalue weighted by Gasteiger charge is 2.10. The second-order valence-corrected chi connectivity index (χ2v) is 8.02. The van der Waals surface area contributed by atoms with E-state index in [2.05, 4.69) is 47.7 Å². The van der Waals surface area contributed by atoms with Crippen LogP contribution in [0.25, 0.3) is 0 Å². The number of carbonyl (C=O) groups excluding carboxylic acids is 2. The van der Waals surface area contributed by atoms with Crippen molar-refractivity contribution in [1.29, 1.82) is 0 Å². The van der Waals surface area contributed by atoms with E-state index in [9.17, 15) is 9.59 Å². The first-order valence-corrected chi connectivity index (χ1v) is 10.3. The van der Waals surface area contributed by atoms with Crippen molar-refractivity contribution in [2.45, 2.75) is 13.3 Å². The van der Waals surface area contributed by atoms with Gasteiger partial charge in [0.2, 0.25) is 5.91 Å². The first-order chi connectivity index (χ1) is 13.8. The summed E-state index contributed by atoms with van der Waals surface area (Å²) in [5, 5.41) is 7.09. The molecular weight excluding hydrogens is 529 g/mol. The number of hydrazone groups is 1. The van der Waals surface area contributed by atoms with Gasteiger partial charge in [0.05, 0.1) is 23.7 Å². The first-order valence-electron chi connectivity index (χ1n) is 8.31. The standard InChI is InChI=1S/C19H18Br2ClN3O4/c1-11(7-18(26)23-15-9-13(22)4-6-17(15)28-2)24-25-19(27)10-29-16-5-3-12(20)8-14(16)21/h3-6,8-9H,7,10H2,1-2H3,(H,23,26)(H,25,27)/b24-11+. The summed E-state index contributed by atoms with van der Waals surface area (Å²) in [5.41, 5.74) is 3.23. The average Bonchev–Trinajstić information content (AvgIpc) is 2.65. The number of hydrogen-bond acceptors (Lipinski definition) is 5. The van der Waals surface area contributed by atoms with Gasteiger partial charge < -0.3 is 14.8 Å². The summed E-state index contributed by atoms with van der Waals surface area (Å²) in [6.07, 6.45) is -0.0188. The summed E-state index contributed by atoms with van der Waals surface area (Å²) in [7, 11) is 1.50. The smallest absolute Gasteiger partial charge is 0.277 e. The zero-order valence-electron chi connectivity index (χ0n) is 15.6. The zero-order valence-corrected chi connectivity index (χ0v) is 19.5. The van der Waals surface area contributed by atoms with E-state index in [4.69, 9.17) is 21.1 Å². The van der Waals surface area contributed by atoms with Gasteiger partial charge in [-0.15, -0.1) is 0 Å². The molecular formula is C19H18Br2ClN3O4. The maximum absolute atomic E-state index is 12.2. The lowest BCUT2D eigenvalue weighted by molar-refractivity contribution is -0.123. The SMILES string of the molecule is COc1ccc(Cl)cc1NC(=O)C/C(C)=N/NC(=O)COc1ccc(Br)cc1Br. The number of anilines is 1. The number of methoxy groups -OCH3 is 1. The van der Waals surface area contributed by atoms with E-state index in [-0.39, 0.29) is 18.9 Å². The molecule has 0 unspecified atom stereocenters. The van der Waals surface area contributed by atoms with Crippen LogP contribution in [0.2, 0.25) is 5.02 Å². The van der Waals surface area contributed by atoms with E-state index in [0.29, 0.717) is 32.4 Å². The fourth-order valence-electron chi connectivity index (χ4n) is 2.17. The summed E-state index contributed by atoms with van der Waals surface area (Å²) in [4.78, 5) is 24.1. The Kier molecular flexibility index (Phi) is 8.94. The first kappa shape index (κ1) is 23.2. The molecule has 29 heavy (non-hydrogen) atoms. The molecule has 0 saturated heterocycles. The summed E-state index contributed by atoms with van der Waals surface area (Å²) in [6.45, 7) is 1.41. The fraction of sp³-hybridized carbons (Fsp3) is 0.211. The molecule has 0 saturated carbocycles. The van der Waals surface area contributed by atoms with Gasteiger partial charge in [-0.05, 0) is 59.3 Å². The molecule has 2 aromatic rings. The Morgan fingerprint density at radius 1 is 1.10 bits per heavy atom. The third-order valence-electron chi connectivity index (χ3n) is 3.48. The van der Waals surface area contributed by atoms with Crippen LogP contribution in [0.1, 0.15) is 13.3 Å². The minimum atomic E-state index is -0.448. The summed E-state index contributed by atoms with van der Waals surface area (Å²) in [6, 6.07) is 10.2. The highest BCUT2D eigenvalue weighted by molar-refractivity contribution is 9.11. The Bertz CT molecular complexity index is 938. The van der Waals surface area contributed by atoms with Crippen LogP contribution in [-0.4, -0.2) is 31.2 Å². The van der Waals surface area contributed by atoms with Gasteiger partial charge >= 0.3 is 0 Å². The molecule has 0 atom stereocenters. The predicted octanol–water partition coefficient (Wildman–Crippen LogP) is 4.77. The number of rotatable bonds is 8. The predicted molar refractivity (Wildman–Crippen MR) is 120 cm³/mol. The lowest BCUT2D eigenvalue weighted by Crippen LogP contribution is -2.26. The number of nitrogens with zero attached hydrogens (tertiary/aromatic N) is 1. The van der Waals surface area contributed by atoms with Gasteiger partial charge in [0.1, 0.15) is 11.5 Å². The molecule has 7 nitrogen and oxygen atoms in total. The van der Waals surface area contributed by atoms with Crippen LogP contribution >= 0.6 is 43.5 Å². The number of nitrogens with one attached hydrogen (secondary N) is 2. The Balaban J connectivity index is 1.83. The van der Waals surface area contributed by atoms with Crippen LogP contribution in [0.15, 0.2) is 50.4 Å². The topological polar surface area (TPSA) is 89.0 Å². The zero-order chi connectivity index (χ0) is 21.4. The average molecular weight is 548 g/mol. The van der Waals surface area contributed by atoms with Crippen molar-refractivity contribution < 1.29 is 19.1 Å². The van der Waals surface area contributed by atoms with E-state index >= 15 is 0 Å². The normalized spacial score (nSPS) is 11.0. The molecule has 0 radical (unpaired) electrons. The van der Waals surface area contributed by atoms with Crippen molar-refractivity contribution in [3.8, 4) is 11.5 Å². The third kappa shape index (κ3) is 7.68. The summed E-state index contributed by atoms with van der Waals surface area (Å²) >= 11 is 12.6. The maximum atomic E-state index is 12.2. The second kappa shape index (κ2) is 11.2. The summed E-state index contributed by atoms with van der Waals surface area (Å²) in [5.74, 6) is 0.244. The van der Waals surface area contributed by atoms with Crippen molar-refractivity contribution in [3.63, 3.8) is 0 Å². The number of ether oxygens (including phenoxy) is 2. The molecule has 2 N–H and O–H groups in total. The molecule has 2 rings (SSSR count). The molecule has 154 valence electrons. The molecule has 0 aromatic heterocycles. The molecule has 0 aliphatic heterocycles. The molecule has 2 amide bonds. The van der Waals surface area contributed by atoms with Gasteiger partial charge in [0.15, 0.2) is 6.61 Å². The molecule has 2 aromatic carbocycles. The van der Waals surface area contributed by atoms with E-state index < -0.39 is 5.91 Å². The number of carbonyl (C=O) groups is 2. The highest BCUT2D eigenvalue weighted by Crippen LogP contribution is 2.28. The van der Waals surface area contributed by atoms with Crippen LogP contribution in [0.3, 0.4) is 0 Å². The van der Waals surface area contributed by atoms with E-state index in [0.717, 1.165) is 4.47 Å². The molecule has 0 aliphatic carbocycles. The van der Waals surface area contributed by atoms with Gasteiger partial charge in [0, 0.05) is 15.2 Å². The monoisotopic (exact) mass is 545 g/mol. The maximum Gasteiger partial charge on any atom is 0.277 e. The number of amides is 2. The minimum Gasteiger partial charge on any atom is -0.495 e. The second-order valence-electron chi connectivity index (χ2n) is 5.82. The van der Waals surface area contributed by atoms with Gasteiger partial charge in [-0.3, -0.25) is 9.59 Å². The third-order valence-corrected chi connectivity index (χ3v) is 4.82. The molecule has 0 bridgehead atoms. The Morgan fingerprint density at radius 2 is 1.83 bits per heavy atom. The summed E-state index contributed by atoms with van der Waals surface area (Å²) < 4.78 is 12.2. The van der Waals surface area contributed by atoms with E-state index in [1.54, 1.807) is 37.3 Å². The van der Waals surface area contributed by atoms with Gasteiger partial charge in [-0.1, -0.05) is 27.5 Å². The van der Waals surface area contributed by atoms with Gasteiger partial charge in [0.25, 0.3) is 5.91 Å². The Hall–Kier alpha value is -2.10. The van der Waals surface area contributed by atoms with Crippen molar-refractivity contribution in [1.82, 2.24) is 5.43 Å². The van der Waals surface area contributed by atoms with Crippen molar-refractivity contribution >= 4 is 66.7 Å². The molecule has 0 heterocycles. The molecule has 0 aliphatic rings. The lowest BCUT2D eigenvalue weighted by Gasteiger charge is -2.10. The highest BCUT2D eigenvalue weighted by atomic mass is 79.9. The van der Waals surface area contributed by atoms with E-state index in [1.165, 1.54) is 7.11 Å². The molecule has 0 spiro atoms. The largest absolute Gasteiger partial charge is 0.495 e. The Morgan fingerprint density at radius 3 is 2.52 bits per heavy atom. The number of hydrogen-bond donors (Lipinski definition) is 2. The van der Waals surface area contributed by atoms with E-state index in [1.807, 2.05) is 6.07 Å². The number of halogens is 3. The van der Waals surface area contributed by atoms with Gasteiger partial charge in [-0.2, -0.15) is 5.10 Å². The quantitative estimate of drug-likeness (QED) is 0.368. The van der Waals surface area contributed by atoms with Crippen LogP contribution in [-0.2, 0) is 9.59 Å². The lowest BCUT2D eigenvalue weighted by atomic mass is 10.2. The van der Waals surface area contributed by atoms with Crippen LogP contribution in [0, 0.1) is 0 Å². The van der Waals surface area contributed by atoms with Gasteiger partial charge in [-0.25, -0.2) is 5.43 Å².